The van der Waals surface area contributed by atoms with Crippen molar-refractivity contribution in [3.05, 3.63) is 82.9 Å². The van der Waals surface area contributed by atoms with Gasteiger partial charge in [-0.05, 0) is 18.2 Å². The fourth-order valence-electron chi connectivity index (χ4n) is 3.64. The van der Waals surface area contributed by atoms with Crippen LogP contribution in [0.1, 0.15) is 27.0 Å². The molecule has 0 atom stereocenters. The smallest absolute Gasteiger partial charge is 0.872 e. The third-order valence-electron chi connectivity index (χ3n) is 4.66. The van der Waals surface area contributed by atoms with E-state index in [0.717, 1.165) is 0 Å². The molecule has 2 heterocycles. The predicted molar refractivity (Wildman–Crippen MR) is 90.8 cm³/mol. The molecule has 0 saturated heterocycles. The van der Waals surface area contributed by atoms with E-state index in [1.54, 1.807) is 24.3 Å². The second-order valence-corrected chi connectivity index (χ2v) is 6.03. The number of fused-ring (bicyclic) bond motifs is 6. The molecule has 2 aliphatic heterocycles. The van der Waals surface area contributed by atoms with E-state index < -0.39 is 11.6 Å². The molecule has 0 aliphatic carbocycles. The normalized spacial score (nSPS) is 13.6. The number of esters is 1. The van der Waals surface area contributed by atoms with Crippen molar-refractivity contribution in [3.8, 4) is 23.0 Å². The van der Waals surface area contributed by atoms with Crippen molar-refractivity contribution in [3.63, 3.8) is 0 Å². The molecule has 0 radical (unpaired) electrons. The molecule has 0 bridgehead atoms. The molecule has 138 valence electrons. The average molecular weight is 412 g/mol. The van der Waals surface area contributed by atoms with Crippen LogP contribution in [0.5, 0.6) is 23.0 Å². The fraction of sp³-hybridized carbons (Fsp3) is 0.0500. The van der Waals surface area contributed by atoms with E-state index in [-0.39, 0.29) is 93.1 Å². The molecule has 5 rings (SSSR count). The number of hydrogen-bond donors (Lipinski definition) is 0. The van der Waals surface area contributed by atoms with E-state index in [9.17, 15) is 15.0 Å². The number of carbonyl (C=O) groups is 1. The zero-order chi connectivity index (χ0) is 17.2. The SMILES string of the molecule is O.O.O=C1OC2(c3ccc([O-])cc3Oc3cc([O-])ccc32)c2ccccc21.[Na+].[Na+]. The van der Waals surface area contributed by atoms with Gasteiger partial charge in [-0.1, -0.05) is 42.5 Å². The van der Waals surface area contributed by atoms with Gasteiger partial charge in [0.1, 0.15) is 11.5 Å². The fourth-order valence-corrected chi connectivity index (χ4v) is 3.64. The summed E-state index contributed by atoms with van der Waals surface area (Å²) in [5.41, 5.74) is 1.03. The largest absolute Gasteiger partial charge is 1.00 e. The quantitative estimate of drug-likeness (QED) is 0.268. The summed E-state index contributed by atoms with van der Waals surface area (Å²) in [5.74, 6) is -0.335. The van der Waals surface area contributed by atoms with Gasteiger partial charge in [-0.3, -0.25) is 0 Å². The number of benzene rings is 3. The van der Waals surface area contributed by atoms with Gasteiger partial charge in [0.05, 0.1) is 5.56 Å². The minimum absolute atomic E-state index is 0. The maximum absolute atomic E-state index is 12.5. The van der Waals surface area contributed by atoms with E-state index in [1.807, 2.05) is 12.1 Å². The van der Waals surface area contributed by atoms with E-state index >= 15 is 0 Å². The summed E-state index contributed by atoms with van der Waals surface area (Å²) in [5, 5.41) is 23.6. The molecule has 3 aromatic rings. The molecule has 0 unspecified atom stereocenters. The van der Waals surface area contributed by atoms with Crippen molar-refractivity contribution in [1.82, 2.24) is 0 Å². The van der Waals surface area contributed by atoms with Crippen LogP contribution in [0.15, 0.2) is 60.7 Å². The Bertz CT molecular complexity index is 1020. The van der Waals surface area contributed by atoms with Crippen LogP contribution < -0.4 is 74.1 Å². The Morgan fingerprint density at radius 1 is 0.724 bits per heavy atom. The zero-order valence-corrected chi connectivity index (χ0v) is 19.8. The second-order valence-electron chi connectivity index (χ2n) is 6.03. The number of ether oxygens (including phenoxy) is 2. The second kappa shape index (κ2) is 9.07. The van der Waals surface area contributed by atoms with Gasteiger partial charge in [0.15, 0.2) is 5.60 Å². The molecule has 4 N–H and O–H groups in total. The van der Waals surface area contributed by atoms with Gasteiger partial charge in [-0.2, -0.15) is 0 Å². The zero-order valence-electron chi connectivity index (χ0n) is 15.8. The minimum Gasteiger partial charge on any atom is -0.872 e. The van der Waals surface area contributed by atoms with Crippen molar-refractivity contribution in [2.75, 3.05) is 0 Å². The van der Waals surface area contributed by atoms with Crippen molar-refractivity contribution < 1.29 is 94.5 Å². The average Bonchev–Trinajstić information content (AvgIpc) is 2.88. The number of carbonyl (C=O) groups excluding carboxylic acids is 1. The van der Waals surface area contributed by atoms with E-state index in [2.05, 4.69) is 0 Å². The van der Waals surface area contributed by atoms with Crippen LogP contribution in [0.2, 0.25) is 0 Å². The molecule has 1 spiro atoms. The Hall–Kier alpha value is -1.55. The van der Waals surface area contributed by atoms with Crippen LogP contribution in [0.3, 0.4) is 0 Å². The Morgan fingerprint density at radius 3 is 1.79 bits per heavy atom. The van der Waals surface area contributed by atoms with Crippen LogP contribution in [0, 0.1) is 0 Å². The van der Waals surface area contributed by atoms with Crippen LogP contribution in [-0.2, 0) is 10.3 Å². The Kier molecular flexibility index (Phi) is 7.98. The van der Waals surface area contributed by atoms with Gasteiger partial charge in [0, 0.05) is 16.7 Å². The van der Waals surface area contributed by atoms with Crippen LogP contribution in [-0.4, -0.2) is 16.9 Å². The molecule has 7 nitrogen and oxygen atoms in total. The molecule has 2 aliphatic rings. The Morgan fingerprint density at radius 2 is 1.24 bits per heavy atom. The molecule has 0 saturated carbocycles. The molecular formula is C20H14Na2O7. The summed E-state index contributed by atoms with van der Waals surface area (Å²) in [6, 6.07) is 15.8. The maximum Gasteiger partial charge on any atom is 1.00 e. The van der Waals surface area contributed by atoms with Crippen molar-refractivity contribution in [2.45, 2.75) is 5.60 Å². The van der Waals surface area contributed by atoms with Crippen LogP contribution >= 0.6 is 0 Å². The molecule has 29 heavy (non-hydrogen) atoms. The van der Waals surface area contributed by atoms with E-state index in [4.69, 9.17) is 9.47 Å². The molecule has 0 fully saturated rings. The first-order chi connectivity index (χ1) is 12.1. The first kappa shape index (κ1) is 25.5. The summed E-state index contributed by atoms with van der Waals surface area (Å²) in [6.45, 7) is 0. The van der Waals surface area contributed by atoms with Crippen molar-refractivity contribution in [2.24, 2.45) is 0 Å². The summed E-state index contributed by atoms with van der Waals surface area (Å²) >= 11 is 0. The summed E-state index contributed by atoms with van der Waals surface area (Å²) in [6.07, 6.45) is 0. The van der Waals surface area contributed by atoms with Gasteiger partial charge in [0.25, 0.3) is 0 Å². The minimum atomic E-state index is -1.22. The van der Waals surface area contributed by atoms with Crippen molar-refractivity contribution >= 4 is 5.97 Å². The first-order valence-electron chi connectivity index (χ1n) is 7.73. The van der Waals surface area contributed by atoms with Crippen LogP contribution in [0.25, 0.3) is 0 Å². The molecule has 9 heteroatoms. The molecule has 0 amide bonds. The van der Waals surface area contributed by atoms with E-state index in [0.29, 0.717) is 22.3 Å². The molecular weight excluding hydrogens is 398 g/mol. The van der Waals surface area contributed by atoms with Gasteiger partial charge in [0.2, 0.25) is 0 Å². The maximum atomic E-state index is 12.5. The Balaban J connectivity index is 0.00000105. The van der Waals surface area contributed by atoms with Crippen LogP contribution in [0.4, 0.5) is 0 Å². The van der Waals surface area contributed by atoms with E-state index in [1.165, 1.54) is 24.3 Å². The number of hydrogen-bond acceptors (Lipinski definition) is 5. The van der Waals surface area contributed by atoms with Crippen molar-refractivity contribution in [1.29, 1.82) is 0 Å². The predicted octanol–water partition coefficient (Wildman–Crippen LogP) is -5.24. The summed E-state index contributed by atoms with van der Waals surface area (Å²) < 4.78 is 11.7. The monoisotopic (exact) mass is 412 g/mol. The molecule has 0 aromatic heterocycles. The Labute approximate surface area is 210 Å². The summed E-state index contributed by atoms with van der Waals surface area (Å²) in [4.78, 5) is 12.5. The molecule has 3 aromatic carbocycles. The van der Waals surface area contributed by atoms with Gasteiger partial charge in [-0.25, -0.2) is 4.79 Å². The first-order valence-corrected chi connectivity index (χ1v) is 7.73. The topological polar surface area (TPSA) is 145 Å². The van der Waals surface area contributed by atoms with Gasteiger partial charge in [-0.15, -0.1) is 11.5 Å². The standard InChI is InChI=1S/C20H12O5.2Na.2H2O/c21-11-5-7-15-17(9-11)24-18-10-12(22)6-8-16(18)20(15)14-4-2-1-3-13(14)19(23)25-20;;;;/h1-10,21-22H;;;2*1H2/q;2*+1;;/p-2. The number of rotatable bonds is 0. The summed E-state index contributed by atoms with van der Waals surface area (Å²) in [7, 11) is 0. The van der Waals surface area contributed by atoms with Gasteiger partial charge >= 0.3 is 65.1 Å². The van der Waals surface area contributed by atoms with Gasteiger partial charge < -0.3 is 30.6 Å². The third-order valence-corrected chi connectivity index (χ3v) is 4.66. The third kappa shape index (κ3) is 3.58.